The Balaban J connectivity index is 1.64. The molecule has 1 atom stereocenters. The summed E-state index contributed by atoms with van der Waals surface area (Å²) >= 11 is 5.89. The third kappa shape index (κ3) is 6.21. The summed E-state index contributed by atoms with van der Waals surface area (Å²) in [6.45, 7) is 6.30. The van der Waals surface area contributed by atoms with E-state index >= 15 is 0 Å². The first-order valence-electron chi connectivity index (χ1n) is 10.3. The van der Waals surface area contributed by atoms with E-state index in [0.29, 0.717) is 16.8 Å². The van der Waals surface area contributed by atoms with Crippen LogP contribution in [0, 0.1) is 0 Å². The second kappa shape index (κ2) is 10.5. The van der Waals surface area contributed by atoms with Gasteiger partial charge in [-0.2, -0.15) is 0 Å². The SMILES string of the molecule is CC(C)N1CCC(NC(=O)[C@@H](NC(=O)Nc2ccc(Cl)cc2)c2ccccc2)CC1. The van der Waals surface area contributed by atoms with Gasteiger partial charge in [-0.25, -0.2) is 4.79 Å². The van der Waals surface area contributed by atoms with Crippen LogP contribution in [0.15, 0.2) is 54.6 Å². The fourth-order valence-corrected chi connectivity index (χ4v) is 3.75. The molecule has 3 rings (SSSR count). The Hall–Kier alpha value is -2.57. The third-order valence-electron chi connectivity index (χ3n) is 5.38. The minimum Gasteiger partial charge on any atom is -0.351 e. The summed E-state index contributed by atoms with van der Waals surface area (Å²) in [6.07, 6.45) is 1.81. The van der Waals surface area contributed by atoms with E-state index in [1.165, 1.54) is 0 Å². The highest BCUT2D eigenvalue weighted by atomic mass is 35.5. The van der Waals surface area contributed by atoms with Crippen molar-refractivity contribution >= 4 is 29.2 Å². The molecule has 1 aliphatic heterocycles. The van der Waals surface area contributed by atoms with E-state index < -0.39 is 12.1 Å². The number of nitrogens with zero attached hydrogens (tertiary/aromatic N) is 1. The zero-order valence-electron chi connectivity index (χ0n) is 17.4. The molecule has 3 N–H and O–H groups in total. The van der Waals surface area contributed by atoms with E-state index in [-0.39, 0.29) is 11.9 Å². The number of carbonyl (C=O) groups is 2. The van der Waals surface area contributed by atoms with E-state index in [0.717, 1.165) is 31.5 Å². The lowest BCUT2D eigenvalue weighted by Gasteiger charge is -2.35. The lowest BCUT2D eigenvalue weighted by molar-refractivity contribution is -0.124. The van der Waals surface area contributed by atoms with Gasteiger partial charge in [0.15, 0.2) is 0 Å². The molecular formula is C23H29ClN4O2. The normalized spacial score (nSPS) is 16.1. The van der Waals surface area contributed by atoms with Gasteiger partial charge < -0.3 is 20.9 Å². The Kier molecular flexibility index (Phi) is 7.71. The largest absolute Gasteiger partial charge is 0.351 e. The van der Waals surface area contributed by atoms with E-state index in [4.69, 9.17) is 11.6 Å². The number of hydrogen-bond donors (Lipinski definition) is 3. The predicted octanol–water partition coefficient (Wildman–Crippen LogP) is 4.19. The molecule has 6 nitrogen and oxygen atoms in total. The lowest BCUT2D eigenvalue weighted by Crippen LogP contribution is -2.50. The highest BCUT2D eigenvalue weighted by Crippen LogP contribution is 2.18. The monoisotopic (exact) mass is 428 g/mol. The van der Waals surface area contributed by atoms with Crippen molar-refractivity contribution < 1.29 is 9.59 Å². The van der Waals surface area contributed by atoms with Crippen molar-refractivity contribution in [2.75, 3.05) is 18.4 Å². The van der Waals surface area contributed by atoms with Gasteiger partial charge >= 0.3 is 6.03 Å². The van der Waals surface area contributed by atoms with Gasteiger partial charge in [-0.15, -0.1) is 0 Å². The number of anilines is 1. The third-order valence-corrected chi connectivity index (χ3v) is 5.63. The first-order chi connectivity index (χ1) is 14.4. The van der Waals surface area contributed by atoms with Gasteiger partial charge in [-0.3, -0.25) is 4.79 Å². The zero-order valence-corrected chi connectivity index (χ0v) is 18.2. The molecule has 1 heterocycles. The van der Waals surface area contributed by atoms with E-state index in [1.54, 1.807) is 24.3 Å². The average molecular weight is 429 g/mol. The topological polar surface area (TPSA) is 73.5 Å². The molecule has 30 heavy (non-hydrogen) atoms. The van der Waals surface area contributed by atoms with Crippen molar-refractivity contribution in [2.24, 2.45) is 0 Å². The number of rotatable bonds is 6. The zero-order chi connectivity index (χ0) is 21.5. The summed E-state index contributed by atoms with van der Waals surface area (Å²) < 4.78 is 0. The maximum Gasteiger partial charge on any atom is 0.320 e. The molecule has 0 saturated carbocycles. The molecule has 0 aliphatic carbocycles. The summed E-state index contributed by atoms with van der Waals surface area (Å²) in [5.41, 5.74) is 1.34. The number of amides is 3. The van der Waals surface area contributed by atoms with Crippen LogP contribution < -0.4 is 16.0 Å². The van der Waals surface area contributed by atoms with Crippen LogP contribution in [0.4, 0.5) is 10.5 Å². The first kappa shape index (κ1) is 22.1. The highest BCUT2D eigenvalue weighted by molar-refractivity contribution is 6.30. The molecule has 160 valence electrons. The highest BCUT2D eigenvalue weighted by Gasteiger charge is 2.27. The van der Waals surface area contributed by atoms with Gasteiger partial charge in [0.25, 0.3) is 0 Å². The van der Waals surface area contributed by atoms with Crippen LogP contribution in [0.2, 0.25) is 5.02 Å². The Morgan fingerprint density at radius 2 is 1.63 bits per heavy atom. The van der Waals surface area contributed by atoms with Crippen molar-refractivity contribution in [1.82, 2.24) is 15.5 Å². The fraction of sp³-hybridized carbons (Fsp3) is 0.391. The summed E-state index contributed by atoms with van der Waals surface area (Å²) in [6, 6.07) is 15.5. The molecule has 3 amide bonds. The van der Waals surface area contributed by atoms with Gasteiger partial charge in [-0.05, 0) is 56.5 Å². The molecule has 0 aromatic heterocycles. The summed E-state index contributed by atoms with van der Waals surface area (Å²) in [5, 5.41) is 9.28. The summed E-state index contributed by atoms with van der Waals surface area (Å²) in [4.78, 5) is 28.0. The Morgan fingerprint density at radius 1 is 1.00 bits per heavy atom. The second-order valence-corrected chi connectivity index (χ2v) is 8.30. The fourth-order valence-electron chi connectivity index (χ4n) is 3.62. The standard InChI is InChI=1S/C23H29ClN4O2/c1-16(2)28-14-12-20(13-15-28)25-22(29)21(17-6-4-3-5-7-17)27-23(30)26-19-10-8-18(24)9-11-19/h3-11,16,20-21H,12-15H2,1-2H3,(H,25,29)(H2,26,27,30)/t21-/m0/s1. The number of piperidine rings is 1. The molecule has 2 aromatic rings. The molecule has 1 fully saturated rings. The number of halogens is 1. The number of likely N-dealkylation sites (tertiary alicyclic amines) is 1. The smallest absolute Gasteiger partial charge is 0.320 e. The quantitative estimate of drug-likeness (QED) is 0.645. The van der Waals surface area contributed by atoms with Crippen LogP contribution in [0.1, 0.15) is 38.3 Å². The number of benzene rings is 2. The first-order valence-corrected chi connectivity index (χ1v) is 10.7. The number of carbonyl (C=O) groups excluding carboxylic acids is 2. The second-order valence-electron chi connectivity index (χ2n) is 7.86. The van der Waals surface area contributed by atoms with Crippen molar-refractivity contribution in [3.05, 3.63) is 65.2 Å². The maximum atomic E-state index is 13.1. The van der Waals surface area contributed by atoms with Gasteiger partial charge in [-0.1, -0.05) is 41.9 Å². The van der Waals surface area contributed by atoms with Gasteiger partial charge in [0.05, 0.1) is 0 Å². The number of nitrogens with one attached hydrogen (secondary N) is 3. The molecule has 0 spiro atoms. The molecule has 2 aromatic carbocycles. The van der Waals surface area contributed by atoms with Crippen LogP contribution >= 0.6 is 11.6 Å². The Labute approximate surface area is 183 Å². The van der Waals surface area contributed by atoms with Crippen LogP contribution in [0.5, 0.6) is 0 Å². The van der Waals surface area contributed by atoms with Crippen molar-refractivity contribution in [1.29, 1.82) is 0 Å². The average Bonchev–Trinajstić information content (AvgIpc) is 2.74. The maximum absolute atomic E-state index is 13.1. The van der Waals surface area contributed by atoms with Crippen LogP contribution in [0.3, 0.4) is 0 Å². The van der Waals surface area contributed by atoms with Gasteiger partial charge in [0.2, 0.25) is 5.91 Å². The minimum absolute atomic E-state index is 0.111. The lowest BCUT2D eigenvalue weighted by atomic mass is 10.0. The van der Waals surface area contributed by atoms with Crippen molar-refractivity contribution in [3.8, 4) is 0 Å². The van der Waals surface area contributed by atoms with Gasteiger partial charge in [0.1, 0.15) is 6.04 Å². The van der Waals surface area contributed by atoms with E-state index in [9.17, 15) is 9.59 Å². The Bertz CT molecular complexity index is 834. The molecular weight excluding hydrogens is 400 g/mol. The van der Waals surface area contributed by atoms with E-state index in [1.807, 2.05) is 30.3 Å². The van der Waals surface area contributed by atoms with Crippen LogP contribution in [-0.4, -0.2) is 42.0 Å². The van der Waals surface area contributed by atoms with Crippen LogP contribution in [0.25, 0.3) is 0 Å². The molecule has 7 heteroatoms. The molecule has 1 aliphatic rings. The molecule has 0 unspecified atom stereocenters. The molecule has 0 bridgehead atoms. The number of urea groups is 1. The molecule has 0 radical (unpaired) electrons. The predicted molar refractivity (Wildman–Crippen MR) is 121 cm³/mol. The van der Waals surface area contributed by atoms with Crippen molar-refractivity contribution in [3.63, 3.8) is 0 Å². The molecule has 1 saturated heterocycles. The number of hydrogen-bond acceptors (Lipinski definition) is 3. The summed E-state index contributed by atoms with van der Waals surface area (Å²) in [7, 11) is 0. The van der Waals surface area contributed by atoms with E-state index in [2.05, 4.69) is 34.7 Å². The van der Waals surface area contributed by atoms with Gasteiger partial charge in [0, 0.05) is 35.9 Å². The minimum atomic E-state index is -0.776. The summed E-state index contributed by atoms with van der Waals surface area (Å²) in [5.74, 6) is -0.199. The Morgan fingerprint density at radius 3 is 2.23 bits per heavy atom. The van der Waals surface area contributed by atoms with Crippen LogP contribution in [-0.2, 0) is 4.79 Å². The van der Waals surface area contributed by atoms with Crippen molar-refractivity contribution in [2.45, 2.75) is 44.8 Å².